The second kappa shape index (κ2) is 7.74. The van der Waals surface area contributed by atoms with Gasteiger partial charge in [-0.1, -0.05) is 29.3 Å². The smallest absolute Gasteiger partial charge is 0.376 e. The van der Waals surface area contributed by atoms with Crippen LogP contribution in [0, 0.1) is 6.92 Å². The number of benzene rings is 1. The SMILES string of the molecule is CB(O)N1CC(n2cc(-c3cc4c(Cl)ccnc4n3S(=O)(=O)c3ccc(C)cc3)cn2)C1. The maximum absolute atomic E-state index is 13.7. The quantitative estimate of drug-likeness (QED) is 0.452. The molecule has 0 radical (unpaired) electrons. The van der Waals surface area contributed by atoms with Gasteiger partial charge >= 0.3 is 7.05 Å². The predicted molar refractivity (Wildman–Crippen MR) is 124 cm³/mol. The zero-order valence-electron chi connectivity index (χ0n) is 17.6. The molecule has 32 heavy (non-hydrogen) atoms. The van der Waals surface area contributed by atoms with Crippen molar-refractivity contribution in [3.8, 4) is 11.3 Å². The minimum Gasteiger partial charge on any atom is -0.437 e. The van der Waals surface area contributed by atoms with Crippen molar-refractivity contribution < 1.29 is 13.4 Å². The average molecular weight is 470 g/mol. The molecule has 1 fully saturated rings. The van der Waals surface area contributed by atoms with Crippen LogP contribution in [0.15, 0.2) is 59.9 Å². The molecule has 0 saturated carbocycles. The number of hydrogen-bond acceptors (Lipinski definition) is 6. The molecule has 8 nitrogen and oxygen atoms in total. The molecule has 0 aliphatic carbocycles. The Kier molecular flexibility index (Phi) is 5.13. The fraction of sp³-hybridized carbons (Fsp3) is 0.238. The summed E-state index contributed by atoms with van der Waals surface area (Å²) in [4.78, 5) is 6.43. The van der Waals surface area contributed by atoms with E-state index in [9.17, 15) is 13.4 Å². The van der Waals surface area contributed by atoms with Crippen LogP contribution in [0.25, 0.3) is 22.3 Å². The second-order valence-electron chi connectivity index (χ2n) is 8.09. The fourth-order valence-corrected chi connectivity index (χ4v) is 5.61. The van der Waals surface area contributed by atoms with Crippen LogP contribution < -0.4 is 0 Å². The number of halogens is 1. The lowest BCUT2D eigenvalue weighted by atomic mass is 9.80. The van der Waals surface area contributed by atoms with Crippen molar-refractivity contribution >= 4 is 39.7 Å². The molecule has 11 heteroatoms. The maximum Gasteiger partial charge on any atom is 0.376 e. The third-order valence-electron chi connectivity index (χ3n) is 5.86. The lowest BCUT2D eigenvalue weighted by molar-refractivity contribution is 0.168. The number of pyridine rings is 1. The first kappa shape index (κ1) is 21.2. The Bertz CT molecular complexity index is 1410. The van der Waals surface area contributed by atoms with Gasteiger partial charge in [-0.15, -0.1) is 0 Å². The van der Waals surface area contributed by atoms with Crippen LogP contribution in [0.4, 0.5) is 0 Å². The van der Waals surface area contributed by atoms with E-state index in [0.717, 1.165) is 5.56 Å². The van der Waals surface area contributed by atoms with E-state index in [-0.39, 0.29) is 16.6 Å². The zero-order chi connectivity index (χ0) is 22.6. The minimum absolute atomic E-state index is 0.117. The molecule has 3 aromatic heterocycles. The fourth-order valence-electron chi connectivity index (χ4n) is 3.93. The number of fused-ring (bicyclic) bond motifs is 1. The van der Waals surface area contributed by atoms with Crippen molar-refractivity contribution in [2.75, 3.05) is 13.1 Å². The van der Waals surface area contributed by atoms with Crippen molar-refractivity contribution in [2.24, 2.45) is 0 Å². The maximum atomic E-state index is 13.7. The van der Waals surface area contributed by atoms with E-state index in [0.29, 0.717) is 34.8 Å². The molecule has 0 spiro atoms. The van der Waals surface area contributed by atoms with Crippen LogP contribution in [0.2, 0.25) is 11.8 Å². The second-order valence-corrected chi connectivity index (χ2v) is 10.3. The van der Waals surface area contributed by atoms with E-state index >= 15 is 0 Å². The highest BCUT2D eigenvalue weighted by molar-refractivity contribution is 7.90. The molecule has 0 bridgehead atoms. The molecular weight excluding hydrogens is 449 g/mol. The Balaban J connectivity index is 1.63. The van der Waals surface area contributed by atoms with Crippen LogP contribution in [0.3, 0.4) is 0 Å². The van der Waals surface area contributed by atoms with Crippen LogP contribution in [-0.4, -0.2) is 57.1 Å². The summed E-state index contributed by atoms with van der Waals surface area (Å²) in [6.45, 7) is 4.99. The minimum atomic E-state index is -3.94. The average Bonchev–Trinajstić information content (AvgIpc) is 3.32. The molecule has 5 rings (SSSR count). The summed E-state index contributed by atoms with van der Waals surface area (Å²) >= 11 is 6.38. The highest BCUT2D eigenvalue weighted by Gasteiger charge is 2.34. The molecule has 1 N–H and O–H groups in total. The highest BCUT2D eigenvalue weighted by Crippen LogP contribution is 2.35. The van der Waals surface area contributed by atoms with Gasteiger partial charge in [0.1, 0.15) is 0 Å². The molecule has 0 unspecified atom stereocenters. The van der Waals surface area contributed by atoms with Gasteiger partial charge in [-0.25, -0.2) is 17.4 Å². The monoisotopic (exact) mass is 469 g/mol. The first-order valence-corrected chi connectivity index (χ1v) is 12.0. The van der Waals surface area contributed by atoms with Crippen LogP contribution in [-0.2, 0) is 10.0 Å². The van der Waals surface area contributed by atoms with Gasteiger partial charge in [0.2, 0.25) is 0 Å². The summed E-state index contributed by atoms with van der Waals surface area (Å²) in [6.07, 6.45) is 4.97. The van der Waals surface area contributed by atoms with Gasteiger partial charge in [-0.2, -0.15) is 5.10 Å². The van der Waals surface area contributed by atoms with Crippen molar-refractivity contribution in [1.29, 1.82) is 0 Å². The Hall–Kier alpha value is -2.66. The zero-order valence-corrected chi connectivity index (χ0v) is 19.1. The molecule has 1 saturated heterocycles. The van der Waals surface area contributed by atoms with Crippen molar-refractivity contribution in [2.45, 2.75) is 24.7 Å². The number of aryl methyl sites for hydroxylation is 1. The molecule has 4 heterocycles. The lowest BCUT2D eigenvalue weighted by Crippen LogP contribution is -2.54. The van der Waals surface area contributed by atoms with Crippen LogP contribution >= 0.6 is 11.6 Å². The van der Waals surface area contributed by atoms with Gasteiger partial charge in [0.05, 0.1) is 27.9 Å². The molecule has 4 aromatic rings. The van der Waals surface area contributed by atoms with Crippen molar-refractivity contribution in [3.63, 3.8) is 0 Å². The number of nitrogens with zero attached hydrogens (tertiary/aromatic N) is 5. The van der Waals surface area contributed by atoms with Gasteiger partial charge < -0.3 is 9.83 Å². The molecule has 0 atom stereocenters. The summed E-state index contributed by atoms with van der Waals surface area (Å²) in [7, 11) is -4.44. The van der Waals surface area contributed by atoms with Gasteiger partial charge in [0, 0.05) is 36.4 Å². The van der Waals surface area contributed by atoms with E-state index < -0.39 is 17.1 Å². The van der Waals surface area contributed by atoms with Gasteiger partial charge in [-0.3, -0.25) is 4.68 Å². The van der Waals surface area contributed by atoms with Gasteiger partial charge in [0.15, 0.2) is 5.65 Å². The number of rotatable bonds is 5. The molecule has 1 aliphatic heterocycles. The number of hydrogen-bond donors (Lipinski definition) is 1. The topological polar surface area (TPSA) is 93.2 Å². The van der Waals surface area contributed by atoms with Crippen LogP contribution in [0.1, 0.15) is 11.6 Å². The summed E-state index contributed by atoms with van der Waals surface area (Å²) in [5, 5.41) is 15.1. The molecular formula is C21H21BClN5O3S. The summed E-state index contributed by atoms with van der Waals surface area (Å²) in [6, 6.07) is 10.2. The van der Waals surface area contributed by atoms with Gasteiger partial charge in [0.25, 0.3) is 10.0 Å². The van der Waals surface area contributed by atoms with E-state index in [1.54, 1.807) is 49.4 Å². The molecule has 1 aliphatic rings. The van der Waals surface area contributed by atoms with Crippen molar-refractivity contribution in [3.05, 3.63) is 65.6 Å². The number of aromatic nitrogens is 4. The van der Waals surface area contributed by atoms with E-state index in [1.807, 2.05) is 22.6 Å². The lowest BCUT2D eigenvalue weighted by Gasteiger charge is -2.40. The third kappa shape index (κ3) is 3.43. The molecule has 164 valence electrons. The Morgan fingerprint density at radius 3 is 2.59 bits per heavy atom. The standard InChI is InChI=1S/C21H21BClN5O3S/c1-14-3-5-17(6-4-14)32(30,31)28-20(9-18-19(23)7-8-24-21(18)28)15-10-25-27(11-15)16-12-26(13-16)22(2)29/h3-11,16,29H,12-13H2,1-2H3. The Labute approximate surface area is 191 Å². The van der Waals surface area contributed by atoms with Crippen LogP contribution in [0.5, 0.6) is 0 Å². The van der Waals surface area contributed by atoms with Gasteiger partial charge in [-0.05, 0) is 38.0 Å². The summed E-state index contributed by atoms with van der Waals surface area (Å²) in [5.41, 5.74) is 2.32. The summed E-state index contributed by atoms with van der Waals surface area (Å²) in [5.74, 6) is 0. The first-order chi connectivity index (χ1) is 15.3. The largest absolute Gasteiger partial charge is 0.437 e. The predicted octanol–water partition coefficient (Wildman–Crippen LogP) is 3.07. The Morgan fingerprint density at radius 1 is 1.19 bits per heavy atom. The van der Waals surface area contributed by atoms with E-state index in [1.165, 1.54) is 10.2 Å². The molecule has 1 aromatic carbocycles. The third-order valence-corrected chi connectivity index (χ3v) is 7.91. The van der Waals surface area contributed by atoms with E-state index in [2.05, 4.69) is 10.1 Å². The van der Waals surface area contributed by atoms with E-state index in [4.69, 9.17) is 11.6 Å². The summed E-state index contributed by atoms with van der Waals surface area (Å²) < 4.78 is 30.4. The highest BCUT2D eigenvalue weighted by atomic mass is 35.5. The Morgan fingerprint density at radius 2 is 1.91 bits per heavy atom. The normalized spacial score (nSPS) is 15.2. The molecule has 0 amide bonds. The van der Waals surface area contributed by atoms with Crippen molar-refractivity contribution in [1.82, 2.24) is 23.5 Å². The first-order valence-electron chi connectivity index (χ1n) is 10.2.